The van der Waals surface area contributed by atoms with E-state index < -0.39 is 105 Å². The first kappa shape index (κ1) is 62.3. The first-order valence-corrected chi connectivity index (χ1v) is 14.5. The average molecular weight is 1060 g/mol. The Bertz CT molecular complexity index is 1350. The number of rotatable bonds is 9. The topological polar surface area (TPSA) is 112 Å². The predicted octanol–water partition coefficient (Wildman–Crippen LogP) is 11.6. The molecule has 0 aromatic heterocycles. The summed E-state index contributed by atoms with van der Waals surface area (Å²) in [5.74, 6) is -48.8. The van der Waals surface area contributed by atoms with Gasteiger partial charge >= 0.3 is 101 Å². The minimum atomic E-state index is -6.57. The van der Waals surface area contributed by atoms with Crippen molar-refractivity contribution in [2.24, 2.45) is 16.2 Å². The Morgan fingerprint density at radius 3 is 0.534 bits per heavy atom. The molecule has 28 heteroatoms. The van der Waals surface area contributed by atoms with E-state index in [2.05, 4.69) is 0 Å². The monoisotopic (exact) mass is 1060 g/mol. The van der Waals surface area contributed by atoms with E-state index >= 15 is 0 Å². The predicted molar refractivity (Wildman–Crippen MR) is 153 cm³/mol. The van der Waals surface area contributed by atoms with Gasteiger partial charge in [0.25, 0.3) is 0 Å². The standard InChI is InChI=1S/3C10H11F7O2.Yb/c3*1-7(2,3)5(18)4-6(19)8(11,12)9(13,14)10(15,16)17;/h3*4,19H,1-3H3;/q;;;+3/b3*6-4-;. The minimum Gasteiger partial charge on any atom is -0.506 e. The molecular formula is C30H33F21O6Yb+3. The van der Waals surface area contributed by atoms with Crippen LogP contribution in [0.25, 0.3) is 0 Å². The molecule has 0 amide bonds. The van der Waals surface area contributed by atoms with Crippen LogP contribution in [0.2, 0.25) is 0 Å². The van der Waals surface area contributed by atoms with Crippen LogP contribution in [0.5, 0.6) is 0 Å². The Morgan fingerprint density at radius 1 is 0.328 bits per heavy atom. The third-order valence-electron chi connectivity index (χ3n) is 6.24. The largest absolute Gasteiger partial charge is 3.00 e. The molecule has 3 N–H and O–H groups in total. The van der Waals surface area contributed by atoms with E-state index in [9.17, 15) is 107 Å². The molecule has 1 radical (unpaired) electrons. The number of hydrogen-bond donors (Lipinski definition) is 3. The van der Waals surface area contributed by atoms with E-state index in [0.717, 1.165) is 0 Å². The minimum absolute atomic E-state index is 0. The summed E-state index contributed by atoms with van der Waals surface area (Å²) in [5.41, 5.74) is -3.97. The molecular weight excluding hydrogens is 1030 g/mol. The van der Waals surface area contributed by atoms with Gasteiger partial charge in [-0.25, -0.2) is 0 Å². The molecule has 0 aromatic rings. The summed E-state index contributed by atoms with van der Waals surface area (Å²) in [6, 6.07) is 0. The van der Waals surface area contributed by atoms with Crippen LogP contribution in [0.3, 0.4) is 0 Å². The van der Waals surface area contributed by atoms with Gasteiger partial charge in [0.2, 0.25) is 0 Å². The summed E-state index contributed by atoms with van der Waals surface area (Å²) < 4.78 is 259. The first-order chi connectivity index (χ1) is 24.1. The van der Waals surface area contributed by atoms with Crippen molar-refractivity contribution in [1.29, 1.82) is 0 Å². The number of allylic oxidation sites excluding steroid dienone is 6. The summed E-state index contributed by atoms with van der Waals surface area (Å²) in [4.78, 5) is 33.6. The second kappa shape index (κ2) is 19.2. The van der Waals surface area contributed by atoms with Crippen LogP contribution in [-0.2, 0) is 14.4 Å². The maximum atomic E-state index is 12.9. The van der Waals surface area contributed by atoms with Gasteiger partial charge in [0, 0.05) is 34.5 Å². The molecule has 0 saturated carbocycles. The van der Waals surface area contributed by atoms with E-state index in [0.29, 0.717) is 0 Å². The zero-order valence-corrected chi connectivity index (χ0v) is 32.2. The van der Waals surface area contributed by atoms with Crippen LogP contribution >= 0.6 is 0 Å². The SMILES string of the molecule is CC(C)(C)C(=O)/C=C(\O)C(F)(F)C(F)(F)C(F)(F)F.CC(C)(C)C(=O)/C=C(\O)C(F)(F)C(F)(F)C(F)(F)F.CC(C)(C)C(=O)/C=C(\O)C(F)(F)C(F)(F)C(F)(F)F.[Yb+3]. The molecule has 0 unspecified atom stereocenters. The van der Waals surface area contributed by atoms with Crippen molar-refractivity contribution in [3.05, 3.63) is 35.5 Å². The van der Waals surface area contributed by atoms with Crippen molar-refractivity contribution in [3.63, 3.8) is 0 Å². The van der Waals surface area contributed by atoms with Crippen LogP contribution in [-0.4, -0.2) is 86.7 Å². The van der Waals surface area contributed by atoms with Crippen LogP contribution in [0.4, 0.5) is 92.2 Å². The fourth-order valence-corrected chi connectivity index (χ4v) is 2.31. The number of ketones is 3. The van der Waals surface area contributed by atoms with Gasteiger partial charge < -0.3 is 15.3 Å². The van der Waals surface area contributed by atoms with Gasteiger partial charge in [-0.3, -0.25) is 14.4 Å². The van der Waals surface area contributed by atoms with Crippen LogP contribution in [0.1, 0.15) is 62.3 Å². The zero-order valence-electron chi connectivity index (χ0n) is 30.5. The van der Waals surface area contributed by atoms with E-state index in [1.807, 2.05) is 0 Å². The Labute approximate surface area is 352 Å². The molecule has 0 saturated heterocycles. The fraction of sp³-hybridized carbons (Fsp3) is 0.700. The van der Waals surface area contributed by atoms with Gasteiger partial charge in [0.1, 0.15) is 0 Å². The van der Waals surface area contributed by atoms with E-state index in [-0.39, 0.29) is 65.2 Å². The van der Waals surface area contributed by atoms with Crippen molar-refractivity contribution in [3.8, 4) is 0 Å². The Hall–Kier alpha value is -2.32. The quantitative estimate of drug-likeness (QED) is 0.120. The molecule has 0 aliphatic heterocycles. The molecule has 0 spiro atoms. The molecule has 0 rings (SSSR count). The second-order valence-electron chi connectivity index (χ2n) is 14.4. The van der Waals surface area contributed by atoms with Crippen LogP contribution in [0, 0.1) is 63.2 Å². The van der Waals surface area contributed by atoms with Gasteiger partial charge in [-0.05, 0) is 0 Å². The maximum absolute atomic E-state index is 12.9. The van der Waals surface area contributed by atoms with Crippen molar-refractivity contribution in [2.45, 2.75) is 116 Å². The number of carbonyl (C=O) groups excluding carboxylic acids is 3. The molecule has 0 aliphatic carbocycles. The first-order valence-electron chi connectivity index (χ1n) is 14.5. The van der Waals surface area contributed by atoms with E-state index in [1.165, 1.54) is 62.3 Å². The molecule has 0 heterocycles. The third-order valence-corrected chi connectivity index (χ3v) is 6.24. The van der Waals surface area contributed by atoms with Crippen molar-refractivity contribution >= 4 is 17.3 Å². The number of aliphatic hydroxyl groups is 3. The summed E-state index contributed by atoms with van der Waals surface area (Å²) in [6.45, 7) is 10.9. The number of hydrogen-bond acceptors (Lipinski definition) is 6. The van der Waals surface area contributed by atoms with Gasteiger partial charge in [-0.15, -0.1) is 0 Å². The number of alkyl halides is 21. The Kier molecular flexibility index (Phi) is 20.6. The van der Waals surface area contributed by atoms with E-state index in [1.54, 1.807) is 0 Å². The van der Waals surface area contributed by atoms with Crippen molar-refractivity contribution < 1.29 is 169 Å². The molecule has 58 heavy (non-hydrogen) atoms. The summed E-state index contributed by atoms with van der Waals surface area (Å²) in [7, 11) is 0. The maximum Gasteiger partial charge on any atom is 3.00 e. The molecule has 0 atom stereocenters. The molecule has 0 bridgehead atoms. The normalized spacial score (nSPS) is 15.3. The number of carbonyl (C=O) groups is 3. The number of aliphatic hydroxyl groups excluding tert-OH is 3. The second-order valence-corrected chi connectivity index (χ2v) is 14.4. The third kappa shape index (κ3) is 15.0. The van der Waals surface area contributed by atoms with Crippen LogP contribution < -0.4 is 0 Å². The Morgan fingerprint density at radius 2 is 0.448 bits per heavy atom. The van der Waals surface area contributed by atoms with E-state index in [4.69, 9.17) is 15.3 Å². The van der Waals surface area contributed by atoms with Crippen molar-refractivity contribution in [2.75, 3.05) is 0 Å². The smallest absolute Gasteiger partial charge is 0.506 e. The van der Waals surface area contributed by atoms with Gasteiger partial charge in [-0.2, -0.15) is 92.2 Å². The zero-order chi connectivity index (χ0) is 47.6. The summed E-state index contributed by atoms with van der Waals surface area (Å²) in [5, 5.41) is 26.2. The van der Waals surface area contributed by atoms with Crippen molar-refractivity contribution in [1.82, 2.24) is 0 Å². The summed E-state index contributed by atoms with van der Waals surface area (Å²) >= 11 is 0. The van der Waals surface area contributed by atoms with Gasteiger partial charge in [0.05, 0.1) is 0 Å². The Balaban J connectivity index is -0.000000374. The average Bonchev–Trinajstić information content (AvgIpc) is 2.93. The molecule has 6 nitrogen and oxygen atoms in total. The summed E-state index contributed by atoms with van der Waals surface area (Å²) in [6.07, 6.45) is -20.7. The molecule has 347 valence electrons. The number of halogens is 21. The molecule has 0 aromatic carbocycles. The molecule has 0 fully saturated rings. The van der Waals surface area contributed by atoms with Crippen LogP contribution in [0.15, 0.2) is 35.5 Å². The fourth-order valence-electron chi connectivity index (χ4n) is 2.31. The van der Waals surface area contributed by atoms with Gasteiger partial charge in [0.15, 0.2) is 34.6 Å². The molecule has 0 aliphatic rings. The van der Waals surface area contributed by atoms with Gasteiger partial charge in [-0.1, -0.05) is 62.3 Å².